The van der Waals surface area contributed by atoms with Crippen molar-refractivity contribution in [3.8, 4) is 5.75 Å². The zero-order chi connectivity index (χ0) is 12.8. The average molecular weight is 247 g/mol. The minimum Gasteiger partial charge on any atom is -0.508 e. The van der Waals surface area contributed by atoms with E-state index in [1.165, 1.54) is 0 Å². The normalized spacial score (nSPS) is 10.7. The van der Waals surface area contributed by atoms with Crippen LogP contribution in [-0.2, 0) is 12.8 Å². The van der Waals surface area contributed by atoms with Crippen molar-refractivity contribution in [1.82, 2.24) is 15.5 Å². The Bertz CT molecular complexity index is 479. The summed E-state index contributed by atoms with van der Waals surface area (Å²) in [4.78, 5) is 4.32. The summed E-state index contributed by atoms with van der Waals surface area (Å²) < 4.78 is 5.16. The maximum Gasteiger partial charge on any atom is 0.227 e. The molecule has 1 aromatic carbocycles. The predicted molar refractivity (Wildman–Crippen MR) is 67.5 cm³/mol. The molecule has 0 saturated carbocycles. The fourth-order valence-corrected chi connectivity index (χ4v) is 1.63. The molecule has 0 amide bonds. The third-order valence-electron chi connectivity index (χ3n) is 2.57. The second-order valence-corrected chi connectivity index (χ2v) is 4.05. The molecule has 0 aliphatic heterocycles. The zero-order valence-electron chi connectivity index (χ0n) is 10.4. The van der Waals surface area contributed by atoms with Gasteiger partial charge in [0, 0.05) is 19.4 Å². The van der Waals surface area contributed by atoms with Gasteiger partial charge in [0.25, 0.3) is 0 Å². The van der Waals surface area contributed by atoms with Crippen LogP contribution in [0.3, 0.4) is 0 Å². The van der Waals surface area contributed by atoms with Crippen LogP contribution in [0.4, 0.5) is 0 Å². The second-order valence-electron chi connectivity index (χ2n) is 4.05. The van der Waals surface area contributed by atoms with E-state index in [2.05, 4.69) is 22.4 Å². The Balaban J connectivity index is 1.91. The lowest BCUT2D eigenvalue weighted by Gasteiger charge is -1.97. The van der Waals surface area contributed by atoms with E-state index in [9.17, 15) is 5.11 Å². The van der Waals surface area contributed by atoms with Gasteiger partial charge in [-0.25, -0.2) is 0 Å². The number of benzene rings is 1. The summed E-state index contributed by atoms with van der Waals surface area (Å²) in [6.45, 7) is 3.84. The van der Waals surface area contributed by atoms with Crippen LogP contribution in [0.15, 0.2) is 28.8 Å². The fourth-order valence-electron chi connectivity index (χ4n) is 1.63. The molecule has 2 aromatic rings. The molecule has 2 rings (SSSR count). The first-order chi connectivity index (χ1) is 8.78. The summed E-state index contributed by atoms with van der Waals surface area (Å²) in [6.07, 6.45) is 1.36. The van der Waals surface area contributed by atoms with Gasteiger partial charge in [-0.05, 0) is 24.2 Å². The molecule has 5 nitrogen and oxygen atoms in total. The first-order valence-electron chi connectivity index (χ1n) is 6.08. The number of hydrogen-bond acceptors (Lipinski definition) is 5. The van der Waals surface area contributed by atoms with Crippen molar-refractivity contribution in [2.75, 3.05) is 13.1 Å². The van der Waals surface area contributed by atoms with Gasteiger partial charge in [-0.3, -0.25) is 0 Å². The van der Waals surface area contributed by atoms with E-state index >= 15 is 0 Å². The highest BCUT2D eigenvalue weighted by atomic mass is 16.5. The molecule has 0 fully saturated rings. The first-order valence-corrected chi connectivity index (χ1v) is 6.08. The SMILES string of the molecule is CCNCCc1nc(Cc2ccc(O)cc2)no1. The van der Waals surface area contributed by atoms with E-state index in [0.29, 0.717) is 18.1 Å². The molecule has 5 heteroatoms. The van der Waals surface area contributed by atoms with Crippen LogP contribution in [0.1, 0.15) is 24.2 Å². The second kappa shape index (κ2) is 6.16. The summed E-state index contributed by atoms with van der Waals surface area (Å²) >= 11 is 0. The van der Waals surface area contributed by atoms with E-state index in [1.54, 1.807) is 12.1 Å². The van der Waals surface area contributed by atoms with Gasteiger partial charge in [0.05, 0.1) is 0 Å². The smallest absolute Gasteiger partial charge is 0.227 e. The average Bonchev–Trinajstić information content (AvgIpc) is 2.80. The minimum absolute atomic E-state index is 0.262. The number of hydrogen-bond donors (Lipinski definition) is 2. The Kier molecular flexibility index (Phi) is 4.30. The Morgan fingerprint density at radius 1 is 1.28 bits per heavy atom. The van der Waals surface area contributed by atoms with E-state index in [4.69, 9.17) is 4.52 Å². The number of phenols is 1. The Hall–Kier alpha value is -1.88. The molecule has 1 aromatic heterocycles. The van der Waals surface area contributed by atoms with Crippen LogP contribution in [0.25, 0.3) is 0 Å². The topological polar surface area (TPSA) is 71.2 Å². The monoisotopic (exact) mass is 247 g/mol. The first kappa shape index (κ1) is 12.6. The third kappa shape index (κ3) is 3.56. The Labute approximate surface area is 106 Å². The highest BCUT2D eigenvalue weighted by Gasteiger charge is 2.06. The van der Waals surface area contributed by atoms with Gasteiger partial charge in [-0.2, -0.15) is 4.98 Å². The summed E-state index contributed by atoms with van der Waals surface area (Å²) in [5.41, 5.74) is 1.05. The maximum absolute atomic E-state index is 9.19. The van der Waals surface area contributed by atoms with Gasteiger partial charge < -0.3 is 14.9 Å². The Morgan fingerprint density at radius 3 is 2.78 bits per heavy atom. The van der Waals surface area contributed by atoms with E-state index in [1.807, 2.05) is 12.1 Å². The van der Waals surface area contributed by atoms with Crippen molar-refractivity contribution in [1.29, 1.82) is 0 Å². The number of aromatic hydroxyl groups is 1. The van der Waals surface area contributed by atoms with E-state index < -0.39 is 0 Å². The van der Waals surface area contributed by atoms with Gasteiger partial charge in [0.15, 0.2) is 5.82 Å². The lowest BCUT2D eigenvalue weighted by atomic mass is 10.1. The van der Waals surface area contributed by atoms with Crippen LogP contribution < -0.4 is 5.32 Å². The number of aromatic nitrogens is 2. The summed E-state index contributed by atoms with van der Waals surface area (Å²) in [6, 6.07) is 7.01. The van der Waals surface area contributed by atoms with Gasteiger partial charge >= 0.3 is 0 Å². The summed E-state index contributed by atoms with van der Waals surface area (Å²) in [7, 11) is 0. The quantitative estimate of drug-likeness (QED) is 0.757. The molecule has 0 bridgehead atoms. The number of rotatable bonds is 6. The van der Waals surface area contributed by atoms with Crippen molar-refractivity contribution >= 4 is 0 Å². The minimum atomic E-state index is 0.262. The molecule has 0 radical (unpaired) electrons. The molecule has 0 aliphatic rings. The van der Waals surface area contributed by atoms with Gasteiger partial charge in [0.1, 0.15) is 5.75 Å². The lowest BCUT2D eigenvalue weighted by Crippen LogP contribution is -2.16. The molecule has 0 atom stereocenters. The van der Waals surface area contributed by atoms with Crippen LogP contribution in [0, 0.1) is 0 Å². The molecule has 0 aliphatic carbocycles. The lowest BCUT2D eigenvalue weighted by molar-refractivity contribution is 0.372. The van der Waals surface area contributed by atoms with Crippen LogP contribution >= 0.6 is 0 Å². The van der Waals surface area contributed by atoms with Crippen LogP contribution in [-0.4, -0.2) is 28.3 Å². The fraction of sp³-hybridized carbons (Fsp3) is 0.385. The summed E-state index contributed by atoms with van der Waals surface area (Å²) in [5.74, 6) is 1.59. The Morgan fingerprint density at radius 2 is 2.06 bits per heavy atom. The number of phenolic OH excluding ortho intramolecular Hbond substituents is 1. The van der Waals surface area contributed by atoms with Crippen molar-refractivity contribution in [2.24, 2.45) is 0 Å². The van der Waals surface area contributed by atoms with E-state index in [0.717, 1.165) is 25.1 Å². The van der Waals surface area contributed by atoms with Crippen molar-refractivity contribution in [3.63, 3.8) is 0 Å². The van der Waals surface area contributed by atoms with Crippen molar-refractivity contribution < 1.29 is 9.63 Å². The number of nitrogens with one attached hydrogen (secondary N) is 1. The van der Waals surface area contributed by atoms with Crippen molar-refractivity contribution in [3.05, 3.63) is 41.5 Å². The van der Waals surface area contributed by atoms with Gasteiger partial charge in [-0.15, -0.1) is 0 Å². The molecule has 2 N–H and O–H groups in total. The van der Waals surface area contributed by atoms with Crippen molar-refractivity contribution in [2.45, 2.75) is 19.8 Å². The highest BCUT2D eigenvalue weighted by molar-refractivity contribution is 5.27. The highest BCUT2D eigenvalue weighted by Crippen LogP contribution is 2.12. The number of likely N-dealkylation sites (N-methyl/N-ethyl adjacent to an activating group) is 1. The molecule has 18 heavy (non-hydrogen) atoms. The zero-order valence-corrected chi connectivity index (χ0v) is 10.4. The van der Waals surface area contributed by atoms with E-state index in [-0.39, 0.29) is 5.75 Å². The maximum atomic E-state index is 9.19. The molecule has 0 saturated heterocycles. The largest absolute Gasteiger partial charge is 0.508 e. The molecule has 1 heterocycles. The van der Waals surface area contributed by atoms with Gasteiger partial charge in [-0.1, -0.05) is 24.2 Å². The summed E-state index contributed by atoms with van der Waals surface area (Å²) in [5, 5.41) is 16.3. The van der Waals surface area contributed by atoms with Gasteiger partial charge in [0.2, 0.25) is 5.89 Å². The molecule has 0 spiro atoms. The van der Waals surface area contributed by atoms with Crippen LogP contribution in [0.2, 0.25) is 0 Å². The third-order valence-corrected chi connectivity index (χ3v) is 2.57. The molecular formula is C13H17N3O2. The molecule has 96 valence electrons. The molecular weight excluding hydrogens is 230 g/mol. The van der Waals surface area contributed by atoms with Crippen LogP contribution in [0.5, 0.6) is 5.75 Å². The predicted octanol–water partition coefficient (Wildman–Crippen LogP) is 1.52. The number of nitrogens with zero attached hydrogens (tertiary/aromatic N) is 2. The standard InChI is InChI=1S/C13H17N3O2/c1-2-14-8-7-13-15-12(16-18-13)9-10-3-5-11(17)6-4-10/h3-6,14,17H,2,7-9H2,1H3. The molecule has 0 unspecified atom stereocenters.